The minimum Gasteiger partial charge on any atom is -0.469 e. The molecule has 0 fully saturated rings. The van der Waals surface area contributed by atoms with E-state index in [9.17, 15) is 0 Å². The fourth-order valence-corrected chi connectivity index (χ4v) is 2.95. The number of nitrogens with one attached hydrogen (secondary N) is 1. The molecule has 0 aliphatic heterocycles. The van der Waals surface area contributed by atoms with Crippen LogP contribution >= 0.6 is 12.2 Å². The molecular formula is C16H15N3OS. The number of hydrogen-bond donors (Lipinski definition) is 1. The number of furan rings is 1. The van der Waals surface area contributed by atoms with Gasteiger partial charge in [-0.25, -0.2) is 0 Å². The van der Waals surface area contributed by atoms with Crippen molar-refractivity contribution in [3.8, 4) is 6.07 Å². The molecule has 0 saturated heterocycles. The van der Waals surface area contributed by atoms with Gasteiger partial charge in [0.05, 0.1) is 28.9 Å². The fraction of sp³-hybridized carbons (Fsp3) is 0.250. The first-order valence-corrected chi connectivity index (χ1v) is 7.26. The lowest BCUT2D eigenvalue weighted by Crippen LogP contribution is -2.06. The van der Waals surface area contributed by atoms with Crippen LogP contribution in [-0.2, 0) is 6.42 Å². The van der Waals surface area contributed by atoms with Crippen LogP contribution in [0.25, 0.3) is 11.0 Å². The van der Waals surface area contributed by atoms with Crippen molar-refractivity contribution in [1.82, 2.24) is 9.55 Å². The topological polar surface area (TPSA) is 57.6 Å². The van der Waals surface area contributed by atoms with Gasteiger partial charge in [-0.3, -0.25) is 0 Å². The summed E-state index contributed by atoms with van der Waals surface area (Å²) in [5, 5.41) is 9.05. The Balaban J connectivity index is 1.93. The highest BCUT2D eigenvalue weighted by Crippen LogP contribution is 2.23. The summed E-state index contributed by atoms with van der Waals surface area (Å²) in [6.07, 6.45) is 3.47. The third-order valence-corrected chi connectivity index (χ3v) is 3.97. The lowest BCUT2D eigenvalue weighted by molar-refractivity contribution is 0.455. The van der Waals surface area contributed by atoms with E-state index in [0.29, 0.717) is 10.3 Å². The summed E-state index contributed by atoms with van der Waals surface area (Å²) in [6, 6.07) is 11.9. The SMILES string of the molecule is CC(CCc1ccco1)n1c(=S)[nH]c2ccc(C#N)cc21. The molecule has 0 saturated carbocycles. The minimum absolute atomic E-state index is 0.227. The standard InChI is InChI=1S/C16H15N3OS/c1-11(4-6-13-3-2-8-20-13)19-15-9-12(10-17)5-7-14(15)18-16(19)21/h2-3,5,7-9,11H,4,6H2,1H3,(H,18,21). The van der Waals surface area contributed by atoms with Gasteiger partial charge in [0, 0.05) is 12.5 Å². The van der Waals surface area contributed by atoms with Gasteiger partial charge in [0.25, 0.3) is 0 Å². The molecule has 0 bridgehead atoms. The number of benzene rings is 1. The Morgan fingerprint density at radius 3 is 3.00 bits per heavy atom. The predicted octanol–water partition coefficient (Wildman–Crippen LogP) is 4.36. The summed E-state index contributed by atoms with van der Waals surface area (Å²) >= 11 is 5.42. The molecule has 5 heteroatoms. The average Bonchev–Trinajstić information content (AvgIpc) is 3.10. The van der Waals surface area contributed by atoms with Gasteiger partial charge in [0.1, 0.15) is 5.76 Å². The maximum Gasteiger partial charge on any atom is 0.178 e. The van der Waals surface area contributed by atoms with Crippen molar-refractivity contribution in [3.63, 3.8) is 0 Å². The average molecular weight is 297 g/mol. The second-order valence-corrected chi connectivity index (χ2v) is 5.50. The van der Waals surface area contributed by atoms with E-state index < -0.39 is 0 Å². The number of hydrogen-bond acceptors (Lipinski definition) is 3. The predicted molar refractivity (Wildman–Crippen MR) is 83.6 cm³/mol. The number of rotatable bonds is 4. The third kappa shape index (κ3) is 2.63. The second kappa shape index (κ2) is 5.58. The van der Waals surface area contributed by atoms with Gasteiger partial charge >= 0.3 is 0 Å². The highest BCUT2D eigenvalue weighted by atomic mass is 32.1. The Bertz CT molecular complexity index is 852. The summed E-state index contributed by atoms with van der Waals surface area (Å²) < 4.78 is 8.13. The van der Waals surface area contributed by atoms with E-state index in [1.54, 1.807) is 12.3 Å². The van der Waals surface area contributed by atoms with Crippen LogP contribution in [0.4, 0.5) is 0 Å². The first-order valence-electron chi connectivity index (χ1n) is 6.86. The van der Waals surface area contributed by atoms with Crippen LogP contribution in [0.2, 0.25) is 0 Å². The van der Waals surface area contributed by atoms with Gasteiger partial charge in [-0.2, -0.15) is 5.26 Å². The number of nitrogens with zero attached hydrogens (tertiary/aromatic N) is 2. The Morgan fingerprint density at radius 1 is 1.43 bits per heavy atom. The van der Waals surface area contributed by atoms with Crippen LogP contribution in [0.15, 0.2) is 41.0 Å². The van der Waals surface area contributed by atoms with Gasteiger partial charge in [-0.1, -0.05) is 0 Å². The highest BCUT2D eigenvalue weighted by Gasteiger charge is 2.12. The molecule has 1 N–H and O–H groups in total. The zero-order valence-corrected chi connectivity index (χ0v) is 12.5. The van der Waals surface area contributed by atoms with E-state index in [1.165, 1.54) is 0 Å². The molecule has 0 aliphatic rings. The quantitative estimate of drug-likeness (QED) is 0.728. The molecule has 1 atom stereocenters. The zero-order valence-electron chi connectivity index (χ0n) is 11.7. The fourth-order valence-electron chi connectivity index (χ4n) is 2.56. The smallest absolute Gasteiger partial charge is 0.178 e. The second-order valence-electron chi connectivity index (χ2n) is 5.11. The molecule has 0 radical (unpaired) electrons. The number of aryl methyl sites for hydroxylation is 1. The first-order chi connectivity index (χ1) is 10.2. The van der Waals surface area contributed by atoms with Crippen LogP contribution in [0, 0.1) is 16.1 Å². The summed E-state index contributed by atoms with van der Waals surface area (Å²) in [7, 11) is 0. The summed E-state index contributed by atoms with van der Waals surface area (Å²) in [4.78, 5) is 3.20. The van der Waals surface area contributed by atoms with Crippen LogP contribution in [0.1, 0.15) is 30.7 Å². The molecule has 1 unspecified atom stereocenters. The van der Waals surface area contributed by atoms with E-state index in [0.717, 1.165) is 29.6 Å². The van der Waals surface area contributed by atoms with Crippen molar-refractivity contribution in [2.45, 2.75) is 25.8 Å². The maximum absolute atomic E-state index is 9.05. The van der Waals surface area contributed by atoms with Crippen LogP contribution in [-0.4, -0.2) is 9.55 Å². The Morgan fingerprint density at radius 2 is 2.29 bits per heavy atom. The number of imidazole rings is 1. The zero-order chi connectivity index (χ0) is 14.8. The van der Waals surface area contributed by atoms with E-state index in [1.807, 2.05) is 24.3 Å². The Hall–Kier alpha value is -2.32. The molecule has 3 rings (SSSR count). The molecule has 21 heavy (non-hydrogen) atoms. The summed E-state index contributed by atoms with van der Waals surface area (Å²) in [6.45, 7) is 2.13. The summed E-state index contributed by atoms with van der Waals surface area (Å²) in [5.41, 5.74) is 2.58. The van der Waals surface area contributed by atoms with Crippen molar-refractivity contribution in [3.05, 3.63) is 52.7 Å². The lowest BCUT2D eigenvalue weighted by Gasteiger charge is -2.14. The largest absolute Gasteiger partial charge is 0.469 e. The number of fused-ring (bicyclic) bond motifs is 1. The van der Waals surface area contributed by atoms with E-state index in [4.69, 9.17) is 21.9 Å². The molecule has 2 aromatic heterocycles. The van der Waals surface area contributed by atoms with Crippen LogP contribution in [0.3, 0.4) is 0 Å². The molecule has 4 nitrogen and oxygen atoms in total. The van der Waals surface area contributed by atoms with Gasteiger partial charge in [0.2, 0.25) is 0 Å². The first kappa shape index (κ1) is 13.7. The van der Waals surface area contributed by atoms with Crippen LogP contribution in [0.5, 0.6) is 0 Å². The highest BCUT2D eigenvalue weighted by molar-refractivity contribution is 7.71. The molecule has 0 amide bonds. The van der Waals surface area contributed by atoms with Crippen molar-refractivity contribution < 1.29 is 4.42 Å². The number of aromatic amines is 1. The van der Waals surface area contributed by atoms with Gasteiger partial charge in [-0.05, 0) is 55.9 Å². The number of nitriles is 1. The van der Waals surface area contributed by atoms with E-state index >= 15 is 0 Å². The van der Waals surface area contributed by atoms with Gasteiger partial charge in [0.15, 0.2) is 4.77 Å². The number of H-pyrrole nitrogens is 1. The monoisotopic (exact) mass is 297 g/mol. The Kier molecular flexibility index (Phi) is 3.63. The molecule has 1 aromatic carbocycles. The lowest BCUT2D eigenvalue weighted by atomic mass is 10.1. The molecule has 3 aromatic rings. The van der Waals surface area contributed by atoms with Crippen LogP contribution < -0.4 is 0 Å². The van der Waals surface area contributed by atoms with Crippen molar-refractivity contribution in [2.24, 2.45) is 0 Å². The normalized spacial score (nSPS) is 12.4. The van der Waals surface area contributed by atoms with Crippen molar-refractivity contribution >= 4 is 23.3 Å². The number of aromatic nitrogens is 2. The third-order valence-electron chi connectivity index (χ3n) is 3.68. The summed E-state index contributed by atoms with van der Waals surface area (Å²) in [5.74, 6) is 0.978. The van der Waals surface area contributed by atoms with E-state index in [-0.39, 0.29) is 6.04 Å². The molecule has 0 aliphatic carbocycles. The molecular weight excluding hydrogens is 282 g/mol. The molecule has 106 valence electrons. The minimum atomic E-state index is 0.227. The van der Waals surface area contributed by atoms with Crippen molar-refractivity contribution in [1.29, 1.82) is 5.26 Å². The molecule has 0 spiro atoms. The van der Waals surface area contributed by atoms with Gasteiger partial charge in [-0.15, -0.1) is 0 Å². The van der Waals surface area contributed by atoms with Gasteiger partial charge < -0.3 is 14.0 Å². The molecule has 2 heterocycles. The Labute approximate surface area is 127 Å². The van der Waals surface area contributed by atoms with Crippen molar-refractivity contribution in [2.75, 3.05) is 0 Å². The van der Waals surface area contributed by atoms with E-state index in [2.05, 4.69) is 22.5 Å². The maximum atomic E-state index is 9.05.